The average Bonchev–Trinajstić information content (AvgIpc) is 3.26. The molecule has 0 radical (unpaired) electrons. The summed E-state index contributed by atoms with van der Waals surface area (Å²) >= 11 is 0. The summed E-state index contributed by atoms with van der Waals surface area (Å²) in [4.78, 5) is 41.5. The van der Waals surface area contributed by atoms with Crippen LogP contribution in [-0.4, -0.2) is 63.9 Å². The van der Waals surface area contributed by atoms with Crippen molar-refractivity contribution >= 4 is 18.0 Å². The van der Waals surface area contributed by atoms with E-state index >= 15 is 0 Å². The predicted molar refractivity (Wildman–Crippen MR) is 145 cm³/mol. The Morgan fingerprint density at radius 2 is 1.59 bits per heavy atom. The zero-order chi connectivity index (χ0) is 28.6. The number of likely N-dealkylation sites (tertiary alicyclic amines) is 1. The molecule has 0 bridgehead atoms. The van der Waals surface area contributed by atoms with Gasteiger partial charge < -0.3 is 24.6 Å². The first-order valence-electron chi connectivity index (χ1n) is 13.3. The number of hydrogen-bond donors (Lipinski definition) is 2. The molecule has 39 heavy (non-hydrogen) atoms. The monoisotopic (exact) mass is 540 g/mol. The van der Waals surface area contributed by atoms with Crippen molar-refractivity contribution in [3.05, 3.63) is 71.8 Å². The number of amides is 2. The van der Waals surface area contributed by atoms with Gasteiger partial charge in [-0.1, -0.05) is 60.7 Å². The van der Waals surface area contributed by atoms with E-state index in [1.165, 1.54) is 4.90 Å². The number of aliphatic hydroxyl groups is 1. The molecule has 1 fully saturated rings. The molecular weight excluding hydrogens is 500 g/mol. The Balaban J connectivity index is 1.82. The number of carbonyl (C=O) groups is 3. The van der Waals surface area contributed by atoms with Gasteiger partial charge in [0.05, 0.1) is 19.3 Å². The molecule has 0 aromatic heterocycles. The highest BCUT2D eigenvalue weighted by molar-refractivity contribution is 5.94. The van der Waals surface area contributed by atoms with Gasteiger partial charge in [0, 0.05) is 6.04 Å². The second-order valence-corrected chi connectivity index (χ2v) is 11.0. The van der Waals surface area contributed by atoms with Gasteiger partial charge in [-0.2, -0.15) is 0 Å². The fraction of sp³-hybridized carbons (Fsp3) is 0.500. The number of esters is 1. The predicted octanol–water partition coefficient (Wildman–Crippen LogP) is 3.97. The maximum absolute atomic E-state index is 13.8. The highest BCUT2D eigenvalue weighted by Gasteiger charge is 2.54. The van der Waals surface area contributed by atoms with Crippen molar-refractivity contribution in [2.75, 3.05) is 6.61 Å². The van der Waals surface area contributed by atoms with E-state index in [1.807, 2.05) is 60.7 Å². The van der Waals surface area contributed by atoms with E-state index < -0.39 is 47.9 Å². The maximum Gasteiger partial charge on any atom is 0.411 e. The normalized spacial score (nSPS) is 20.7. The first-order chi connectivity index (χ1) is 18.5. The third kappa shape index (κ3) is 7.80. The molecule has 3 rings (SSSR count). The van der Waals surface area contributed by atoms with Crippen LogP contribution in [0.25, 0.3) is 0 Å². The molecule has 0 spiro atoms. The number of aliphatic hydroxyl groups excluding tert-OH is 1. The number of nitrogens with one attached hydrogen (secondary N) is 1. The number of rotatable bonds is 10. The number of nitrogens with zero attached hydrogens (tertiary/aromatic N) is 1. The molecule has 2 amide bonds. The second kappa shape index (κ2) is 13.1. The highest BCUT2D eigenvalue weighted by Crippen LogP contribution is 2.36. The Morgan fingerprint density at radius 1 is 1.03 bits per heavy atom. The Bertz CT molecular complexity index is 1100. The molecule has 9 heteroatoms. The van der Waals surface area contributed by atoms with Crippen LogP contribution in [0.2, 0.25) is 0 Å². The van der Waals surface area contributed by atoms with Gasteiger partial charge in [-0.25, -0.2) is 9.59 Å². The van der Waals surface area contributed by atoms with Crippen molar-refractivity contribution in [3.63, 3.8) is 0 Å². The SMILES string of the molecule is CC1CCC(CO)(C(=O)N[C@H](C(=O)OCc2ccccc2)[C@@H](C)OCc2ccccc2)N1C(=O)OC(C)(C)C. The first kappa shape index (κ1) is 30.1. The average molecular weight is 541 g/mol. The lowest BCUT2D eigenvalue weighted by atomic mass is 9.95. The number of hydrogen-bond acceptors (Lipinski definition) is 7. The van der Waals surface area contributed by atoms with Crippen LogP contribution in [0.4, 0.5) is 4.79 Å². The fourth-order valence-corrected chi connectivity index (χ4v) is 4.59. The van der Waals surface area contributed by atoms with Crippen molar-refractivity contribution in [2.45, 2.75) is 90.0 Å². The van der Waals surface area contributed by atoms with Crippen LogP contribution in [0, 0.1) is 0 Å². The highest BCUT2D eigenvalue weighted by atomic mass is 16.6. The summed E-state index contributed by atoms with van der Waals surface area (Å²) in [5.74, 6) is -1.35. The molecule has 0 saturated carbocycles. The zero-order valence-corrected chi connectivity index (χ0v) is 23.4. The molecule has 9 nitrogen and oxygen atoms in total. The van der Waals surface area contributed by atoms with Crippen LogP contribution in [0.3, 0.4) is 0 Å². The van der Waals surface area contributed by atoms with Gasteiger partial charge in [-0.15, -0.1) is 0 Å². The first-order valence-corrected chi connectivity index (χ1v) is 13.3. The standard InChI is InChI=1S/C30H40N2O7/c1-21-16-17-30(20-33,32(21)28(36)39-29(3,4)5)27(35)31-25(22(2)37-18-23-12-8-6-9-13-23)26(34)38-19-24-14-10-7-11-15-24/h6-15,21-22,25,33H,16-20H2,1-5H3,(H,31,35)/t21?,22-,25+,30?/m1/s1. The summed E-state index contributed by atoms with van der Waals surface area (Å²) in [7, 11) is 0. The molecular formula is C30H40N2O7. The zero-order valence-electron chi connectivity index (χ0n) is 23.4. The lowest BCUT2D eigenvalue weighted by Gasteiger charge is -2.39. The van der Waals surface area contributed by atoms with E-state index in [2.05, 4.69) is 5.32 Å². The minimum atomic E-state index is -1.60. The third-order valence-corrected chi connectivity index (χ3v) is 6.74. The number of carbonyl (C=O) groups excluding carboxylic acids is 3. The van der Waals surface area contributed by atoms with Crippen LogP contribution in [0.15, 0.2) is 60.7 Å². The smallest absolute Gasteiger partial charge is 0.411 e. The molecule has 2 unspecified atom stereocenters. The molecule has 1 aliphatic heterocycles. The molecule has 0 aliphatic carbocycles. The molecule has 1 saturated heterocycles. The van der Waals surface area contributed by atoms with Crippen molar-refractivity contribution in [1.29, 1.82) is 0 Å². The minimum Gasteiger partial charge on any atom is -0.459 e. The summed E-state index contributed by atoms with van der Waals surface area (Å²) < 4.78 is 17.1. The van der Waals surface area contributed by atoms with Gasteiger partial charge in [0.25, 0.3) is 0 Å². The van der Waals surface area contributed by atoms with Gasteiger partial charge >= 0.3 is 12.1 Å². The second-order valence-electron chi connectivity index (χ2n) is 11.0. The third-order valence-electron chi connectivity index (χ3n) is 6.74. The van der Waals surface area contributed by atoms with Crippen LogP contribution < -0.4 is 5.32 Å². The lowest BCUT2D eigenvalue weighted by Crippen LogP contribution is -2.64. The number of benzene rings is 2. The summed E-state index contributed by atoms with van der Waals surface area (Å²) in [5.41, 5.74) is -0.694. The summed E-state index contributed by atoms with van der Waals surface area (Å²) in [6.45, 7) is 8.27. The molecule has 2 N–H and O–H groups in total. The molecule has 2 aromatic rings. The quantitative estimate of drug-likeness (QED) is 0.438. The van der Waals surface area contributed by atoms with Crippen LogP contribution in [-0.2, 0) is 37.0 Å². The topological polar surface area (TPSA) is 114 Å². The fourth-order valence-electron chi connectivity index (χ4n) is 4.59. The van der Waals surface area contributed by atoms with Crippen LogP contribution in [0.1, 0.15) is 58.6 Å². The summed E-state index contributed by atoms with van der Waals surface area (Å²) in [6, 6.07) is 17.1. The Kier molecular flexibility index (Phi) is 10.1. The maximum atomic E-state index is 13.8. The Hall–Kier alpha value is -3.43. The Labute approximate surface area is 230 Å². The molecule has 2 aromatic carbocycles. The van der Waals surface area contributed by atoms with Gasteiger partial charge in [0.1, 0.15) is 17.7 Å². The molecule has 1 heterocycles. The van der Waals surface area contributed by atoms with Crippen LogP contribution >= 0.6 is 0 Å². The van der Waals surface area contributed by atoms with E-state index in [-0.39, 0.29) is 25.7 Å². The molecule has 1 aliphatic rings. The van der Waals surface area contributed by atoms with E-state index in [4.69, 9.17) is 14.2 Å². The number of ether oxygens (including phenoxy) is 3. The molecule has 212 valence electrons. The molecule has 4 atom stereocenters. The van der Waals surface area contributed by atoms with E-state index in [1.54, 1.807) is 34.6 Å². The van der Waals surface area contributed by atoms with Gasteiger partial charge in [-0.3, -0.25) is 9.69 Å². The summed E-state index contributed by atoms with van der Waals surface area (Å²) in [5, 5.41) is 13.2. The van der Waals surface area contributed by atoms with Crippen molar-refractivity contribution in [3.8, 4) is 0 Å². The van der Waals surface area contributed by atoms with Gasteiger partial charge in [-0.05, 0) is 58.6 Å². The largest absolute Gasteiger partial charge is 0.459 e. The van der Waals surface area contributed by atoms with Crippen molar-refractivity contribution < 1.29 is 33.7 Å². The Morgan fingerprint density at radius 3 is 2.13 bits per heavy atom. The van der Waals surface area contributed by atoms with Gasteiger partial charge in [0.2, 0.25) is 5.91 Å². The summed E-state index contributed by atoms with van der Waals surface area (Å²) in [6.07, 6.45) is -0.785. The minimum absolute atomic E-state index is 0.0175. The van der Waals surface area contributed by atoms with Crippen molar-refractivity contribution in [2.24, 2.45) is 0 Å². The van der Waals surface area contributed by atoms with E-state index in [0.717, 1.165) is 11.1 Å². The van der Waals surface area contributed by atoms with E-state index in [0.29, 0.717) is 6.42 Å². The lowest BCUT2D eigenvalue weighted by molar-refractivity contribution is -0.155. The van der Waals surface area contributed by atoms with E-state index in [9.17, 15) is 19.5 Å². The van der Waals surface area contributed by atoms with Gasteiger partial charge in [0.15, 0.2) is 6.04 Å². The van der Waals surface area contributed by atoms with Crippen molar-refractivity contribution in [1.82, 2.24) is 10.2 Å². The van der Waals surface area contributed by atoms with Crippen LogP contribution in [0.5, 0.6) is 0 Å².